The summed E-state index contributed by atoms with van der Waals surface area (Å²) in [4.78, 5) is 19.0. The monoisotopic (exact) mass is 572 g/mol. The number of aryl methyl sites for hydroxylation is 4. The van der Waals surface area contributed by atoms with E-state index in [9.17, 15) is 26.3 Å². The molecule has 8 aromatic rings. The van der Waals surface area contributed by atoms with Crippen LogP contribution in [0.1, 0.15) is 33.6 Å². The molecule has 0 aliphatic carbocycles. The average molecular weight is 573 g/mol. The van der Waals surface area contributed by atoms with Gasteiger partial charge < -0.3 is 0 Å². The molecule has 8 rings (SSSR count). The molecule has 6 aromatic carbocycles. The molecule has 4 nitrogen and oxygen atoms in total. The first-order valence-corrected chi connectivity index (χ1v) is 13.1. The van der Waals surface area contributed by atoms with Gasteiger partial charge in [-0.3, -0.25) is 0 Å². The lowest BCUT2D eigenvalue weighted by Gasteiger charge is -2.16. The molecule has 2 aromatic heterocycles. The molecule has 0 atom stereocenters. The molecule has 42 heavy (non-hydrogen) atoms. The Labute approximate surface area is 232 Å². The van der Waals surface area contributed by atoms with Crippen LogP contribution in [0.25, 0.3) is 76.2 Å². The minimum Gasteiger partial charge on any atom is -0.249 e. The van der Waals surface area contributed by atoms with E-state index < -0.39 is 23.5 Å². The molecule has 0 fully saturated rings. The number of hydrogen-bond donors (Lipinski definition) is 0. The Balaban J connectivity index is 1.67. The summed E-state index contributed by atoms with van der Waals surface area (Å²) < 4.78 is 82.7. The van der Waals surface area contributed by atoms with Gasteiger partial charge in [0.2, 0.25) is 0 Å². The van der Waals surface area contributed by atoms with Crippen LogP contribution in [0.3, 0.4) is 0 Å². The quantitative estimate of drug-likeness (QED) is 0.134. The molecule has 0 amide bonds. The Morgan fingerprint density at radius 2 is 0.833 bits per heavy atom. The second-order valence-corrected chi connectivity index (χ2v) is 11.0. The van der Waals surface area contributed by atoms with Crippen LogP contribution in [0.4, 0.5) is 26.3 Å². The third-order valence-corrected chi connectivity index (χ3v) is 8.53. The molecule has 0 radical (unpaired) electrons. The van der Waals surface area contributed by atoms with E-state index in [1.54, 1.807) is 0 Å². The van der Waals surface area contributed by atoms with Gasteiger partial charge in [-0.2, -0.15) is 26.3 Å². The molecule has 0 saturated carbocycles. The lowest BCUT2D eigenvalue weighted by atomic mass is 9.92. The van der Waals surface area contributed by atoms with Crippen molar-refractivity contribution in [2.45, 2.75) is 40.0 Å². The third-order valence-electron chi connectivity index (χ3n) is 8.53. The van der Waals surface area contributed by atoms with Gasteiger partial charge >= 0.3 is 12.4 Å². The topological polar surface area (TPSA) is 51.6 Å². The summed E-state index contributed by atoms with van der Waals surface area (Å²) in [6.07, 6.45) is -10.5. The highest BCUT2D eigenvalue weighted by Crippen LogP contribution is 2.51. The molecule has 0 spiro atoms. The molecular formula is C32H18F6N4. The van der Waals surface area contributed by atoms with Crippen molar-refractivity contribution in [2.75, 3.05) is 0 Å². The van der Waals surface area contributed by atoms with Gasteiger partial charge in [-0.05, 0) is 61.7 Å². The number of fused-ring (bicyclic) bond motifs is 9. The van der Waals surface area contributed by atoms with Gasteiger partial charge in [-0.15, -0.1) is 0 Å². The lowest BCUT2D eigenvalue weighted by Crippen LogP contribution is -2.16. The first-order chi connectivity index (χ1) is 19.8. The summed E-state index contributed by atoms with van der Waals surface area (Å²) >= 11 is 0. The standard InChI is InChI=1S/C32H18F6N4/c1-11-6-8-16-24-21(11)25-23-15(27-29(25)40-14(4)13(3)39-27)7-5-12(2)22(23)26(24)30-28(16)41-19-9-17(31(33,34)35)18(32(36,37)38)10-20(19)42-30/h5-10H,1-4H3. The van der Waals surface area contributed by atoms with Gasteiger partial charge in [-0.25, -0.2) is 19.9 Å². The summed E-state index contributed by atoms with van der Waals surface area (Å²) in [5.41, 5.74) is 1.58. The second kappa shape index (κ2) is 7.61. The van der Waals surface area contributed by atoms with Crippen molar-refractivity contribution in [1.29, 1.82) is 0 Å². The van der Waals surface area contributed by atoms with Crippen LogP contribution in [0, 0.1) is 27.7 Å². The zero-order chi connectivity index (χ0) is 29.6. The van der Waals surface area contributed by atoms with Crippen molar-refractivity contribution in [1.82, 2.24) is 19.9 Å². The van der Waals surface area contributed by atoms with Crippen molar-refractivity contribution in [3.8, 4) is 0 Å². The van der Waals surface area contributed by atoms with E-state index in [4.69, 9.17) is 9.97 Å². The molecular weight excluding hydrogens is 554 g/mol. The molecule has 2 heterocycles. The molecule has 0 aliphatic heterocycles. The first kappa shape index (κ1) is 25.1. The number of aromatic nitrogens is 4. The number of alkyl halides is 6. The maximum Gasteiger partial charge on any atom is 0.417 e. The largest absolute Gasteiger partial charge is 0.417 e. The van der Waals surface area contributed by atoms with E-state index in [1.165, 1.54) is 0 Å². The summed E-state index contributed by atoms with van der Waals surface area (Å²) in [7, 11) is 0. The van der Waals surface area contributed by atoms with Gasteiger partial charge in [0.15, 0.2) is 0 Å². The highest BCUT2D eigenvalue weighted by molar-refractivity contribution is 6.47. The van der Waals surface area contributed by atoms with E-state index in [0.29, 0.717) is 33.9 Å². The highest BCUT2D eigenvalue weighted by Gasteiger charge is 2.43. The molecule has 0 bridgehead atoms. The van der Waals surface area contributed by atoms with Crippen molar-refractivity contribution >= 4 is 76.2 Å². The fraction of sp³-hybridized carbons (Fsp3) is 0.188. The normalized spacial score (nSPS) is 13.5. The number of halogens is 6. The molecule has 0 aliphatic rings. The van der Waals surface area contributed by atoms with E-state index in [2.05, 4.69) is 9.97 Å². The molecule has 0 unspecified atom stereocenters. The second-order valence-electron chi connectivity index (χ2n) is 11.0. The van der Waals surface area contributed by atoms with Crippen LogP contribution in [0.15, 0.2) is 36.4 Å². The minimum atomic E-state index is -5.23. The van der Waals surface area contributed by atoms with Crippen LogP contribution in [0.2, 0.25) is 0 Å². The predicted octanol–water partition coefficient (Wildman–Crippen LogP) is 9.49. The highest BCUT2D eigenvalue weighted by atomic mass is 19.4. The van der Waals surface area contributed by atoms with Gasteiger partial charge in [0.25, 0.3) is 0 Å². The fourth-order valence-electron chi connectivity index (χ4n) is 6.59. The van der Waals surface area contributed by atoms with Crippen LogP contribution < -0.4 is 0 Å². The summed E-state index contributed by atoms with van der Waals surface area (Å²) in [5.74, 6) is 0. The number of rotatable bonds is 0. The van der Waals surface area contributed by atoms with E-state index in [1.807, 2.05) is 52.0 Å². The van der Waals surface area contributed by atoms with E-state index in [-0.39, 0.29) is 11.0 Å². The average Bonchev–Trinajstić information content (AvgIpc) is 3.39. The zero-order valence-electron chi connectivity index (χ0n) is 22.5. The van der Waals surface area contributed by atoms with Crippen molar-refractivity contribution < 1.29 is 26.3 Å². The van der Waals surface area contributed by atoms with Crippen LogP contribution in [-0.4, -0.2) is 19.9 Å². The van der Waals surface area contributed by atoms with E-state index >= 15 is 0 Å². The van der Waals surface area contributed by atoms with Gasteiger partial charge in [0.05, 0.1) is 55.6 Å². The maximum absolute atomic E-state index is 13.8. The van der Waals surface area contributed by atoms with Gasteiger partial charge in [-0.1, -0.05) is 24.3 Å². The zero-order valence-corrected chi connectivity index (χ0v) is 22.5. The fourth-order valence-corrected chi connectivity index (χ4v) is 6.59. The summed E-state index contributed by atoms with van der Waals surface area (Å²) in [5, 5.41) is 6.68. The summed E-state index contributed by atoms with van der Waals surface area (Å²) in [6.45, 7) is 7.73. The molecule has 10 heteroatoms. The van der Waals surface area contributed by atoms with Crippen LogP contribution in [0.5, 0.6) is 0 Å². The first-order valence-electron chi connectivity index (χ1n) is 13.1. The van der Waals surface area contributed by atoms with Crippen molar-refractivity contribution in [3.63, 3.8) is 0 Å². The Hall–Kier alpha value is -4.60. The smallest absolute Gasteiger partial charge is 0.249 e. The Morgan fingerprint density at radius 3 is 1.29 bits per heavy atom. The summed E-state index contributed by atoms with van der Waals surface area (Å²) in [6, 6.07) is 8.65. The third kappa shape index (κ3) is 3.04. The predicted molar refractivity (Wildman–Crippen MR) is 151 cm³/mol. The maximum atomic E-state index is 13.8. The van der Waals surface area contributed by atoms with Crippen LogP contribution >= 0.6 is 0 Å². The number of benzene rings is 4. The van der Waals surface area contributed by atoms with Gasteiger partial charge in [0, 0.05) is 32.3 Å². The number of hydrogen-bond acceptors (Lipinski definition) is 4. The minimum absolute atomic E-state index is 0.257. The van der Waals surface area contributed by atoms with Gasteiger partial charge in [0.1, 0.15) is 0 Å². The molecule has 0 saturated heterocycles. The lowest BCUT2D eigenvalue weighted by molar-refractivity contribution is -0.161. The van der Waals surface area contributed by atoms with Crippen LogP contribution in [-0.2, 0) is 12.4 Å². The molecule has 0 N–H and O–H groups in total. The van der Waals surface area contributed by atoms with Crippen molar-refractivity contribution in [2.24, 2.45) is 0 Å². The number of nitrogens with zero attached hydrogens (tertiary/aromatic N) is 4. The SMILES string of the molecule is Cc1nc2c3ccc(C)c4c3c(c2nc1C)c1c(C)ccc2c3nc5cc(C(F)(F)F)c(C(F)(F)F)cc5nc3c4c21. The molecule has 208 valence electrons. The Kier molecular flexibility index (Phi) is 4.56. The van der Waals surface area contributed by atoms with Crippen molar-refractivity contribution in [3.05, 3.63) is 70.0 Å². The van der Waals surface area contributed by atoms with E-state index in [0.717, 1.165) is 65.9 Å². The Morgan fingerprint density at radius 1 is 0.452 bits per heavy atom. The Bertz CT molecular complexity index is 2480.